The number of ether oxygens (including phenoxy) is 2. The number of nitrogens with zero attached hydrogens (tertiary/aromatic N) is 1. The predicted octanol–water partition coefficient (Wildman–Crippen LogP) is -0.269. The van der Waals surface area contributed by atoms with Crippen molar-refractivity contribution >= 4 is 17.6 Å². The smallest absolute Gasteiger partial charge is 0.234 e. The Hall–Kier alpha value is -2.34. The topological polar surface area (TPSA) is 78.9 Å². The zero-order chi connectivity index (χ0) is 15.5. The summed E-state index contributed by atoms with van der Waals surface area (Å²) in [5, 5.41) is 11.4. The maximum atomic E-state index is 12.8. The molecule has 1 aromatic rings. The van der Waals surface area contributed by atoms with E-state index in [1.54, 1.807) is 29.2 Å². The summed E-state index contributed by atoms with van der Waals surface area (Å²) in [4.78, 5) is 25.8. The zero-order valence-electron chi connectivity index (χ0n) is 11.9. The van der Waals surface area contributed by atoms with Gasteiger partial charge in [-0.3, -0.25) is 4.79 Å². The lowest BCUT2D eigenvalue weighted by Gasteiger charge is -2.24. The van der Waals surface area contributed by atoms with Crippen molar-refractivity contribution in [2.75, 3.05) is 18.6 Å². The van der Waals surface area contributed by atoms with Crippen LogP contribution in [-0.4, -0.2) is 37.2 Å². The Morgan fingerprint density at radius 3 is 2.95 bits per heavy atom. The third kappa shape index (κ3) is 1.53. The molecule has 0 saturated carbocycles. The minimum atomic E-state index is -1.24. The molecule has 22 heavy (non-hydrogen) atoms. The predicted molar refractivity (Wildman–Crippen MR) is 74.1 cm³/mol. The largest absolute Gasteiger partial charge is 0.550 e. The Kier molecular flexibility index (Phi) is 2.62. The molecular weight excluding hydrogens is 286 g/mol. The van der Waals surface area contributed by atoms with Gasteiger partial charge in [0.1, 0.15) is 11.4 Å². The van der Waals surface area contributed by atoms with Crippen LogP contribution in [0.4, 0.5) is 5.69 Å². The lowest BCUT2D eigenvalue weighted by Crippen LogP contribution is -2.45. The van der Waals surface area contributed by atoms with E-state index < -0.39 is 29.5 Å². The van der Waals surface area contributed by atoms with E-state index >= 15 is 0 Å². The number of anilines is 1. The van der Waals surface area contributed by atoms with Gasteiger partial charge in [-0.15, -0.1) is 0 Å². The minimum absolute atomic E-state index is 0.259. The molecule has 1 aromatic carbocycles. The summed E-state index contributed by atoms with van der Waals surface area (Å²) in [6.07, 6.45) is 2.96. The number of carbonyl (C=O) groups is 2. The molecule has 0 N–H and O–H groups in total. The molecule has 2 fully saturated rings. The molecule has 3 aliphatic heterocycles. The van der Waals surface area contributed by atoms with Crippen LogP contribution in [0.1, 0.15) is 0 Å². The first-order valence-corrected chi connectivity index (χ1v) is 7.10. The Bertz CT molecular complexity index is 700. The zero-order valence-corrected chi connectivity index (χ0v) is 11.9. The van der Waals surface area contributed by atoms with Gasteiger partial charge in [0, 0.05) is 11.9 Å². The summed E-state index contributed by atoms with van der Waals surface area (Å²) in [5.74, 6) is -2.60. The number of carbonyl (C=O) groups excluding carboxylic acids is 2. The van der Waals surface area contributed by atoms with Crippen LogP contribution in [-0.2, 0) is 14.3 Å². The van der Waals surface area contributed by atoms with Gasteiger partial charge in [-0.25, -0.2) is 0 Å². The quantitative estimate of drug-likeness (QED) is 0.718. The summed E-state index contributed by atoms with van der Waals surface area (Å²) in [7, 11) is 1.53. The standard InChI is InChI=1S/C16H15NO5/c1-21-10-5-3-2-4-9(10)17-8-16-7-6-11(22-16)12(15(19)20)13(16)14(17)18/h2-7,11-13H,8H2,1H3,(H,19,20)/p-1/t11-,12-,13-,16+/m0/s1. The van der Waals surface area contributed by atoms with Crippen LogP contribution in [0.2, 0.25) is 0 Å². The highest BCUT2D eigenvalue weighted by Gasteiger charge is 2.65. The molecule has 6 heteroatoms. The number of hydrogen-bond acceptors (Lipinski definition) is 5. The number of fused-ring (bicyclic) bond motifs is 1. The van der Waals surface area contributed by atoms with Gasteiger partial charge in [0.25, 0.3) is 0 Å². The van der Waals surface area contributed by atoms with Crippen LogP contribution in [0.25, 0.3) is 0 Å². The average molecular weight is 300 g/mol. The van der Waals surface area contributed by atoms with Crippen LogP contribution in [0.15, 0.2) is 36.4 Å². The third-order valence-electron chi connectivity index (χ3n) is 4.75. The van der Waals surface area contributed by atoms with Crippen molar-refractivity contribution < 1.29 is 24.2 Å². The van der Waals surface area contributed by atoms with E-state index in [2.05, 4.69) is 0 Å². The molecule has 1 amide bonds. The second kappa shape index (κ2) is 4.33. The fourth-order valence-corrected chi connectivity index (χ4v) is 3.82. The highest BCUT2D eigenvalue weighted by atomic mass is 16.5. The molecular formula is C16H14NO5-. The van der Waals surface area contributed by atoms with Crippen LogP contribution in [0.3, 0.4) is 0 Å². The molecule has 4 rings (SSSR count). The van der Waals surface area contributed by atoms with Gasteiger partial charge < -0.3 is 24.3 Å². The van der Waals surface area contributed by atoms with Crippen molar-refractivity contribution in [1.82, 2.24) is 0 Å². The van der Waals surface area contributed by atoms with Crippen molar-refractivity contribution in [1.29, 1.82) is 0 Å². The van der Waals surface area contributed by atoms with Crippen molar-refractivity contribution in [3.05, 3.63) is 36.4 Å². The van der Waals surface area contributed by atoms with E-state index in [0.29, 0.717) is 11.4 Å². The van der Waals surface area contributed by atoms with Crippen molar-refractivity contribution in [2.24, 2.45) is 11.8 Å². The molecule has 3 heterocycles. The van der Waals surface area contributed by atoms with E-state index in [1.807, 2.05) is 12.1 Å². The molecule has 0 unspecified atom stereocenters. The average Bonchev–Trinajstić information content (AvgIpc) is 3.15. The summed E-state index contributed by atoms with van der Waals surface area (Å²) in [5.41, 5.74) is -0.246. The third-order valence-corrected chi connectivity index (χ3v) is 4.75. The Labute approximate surface area is 126 Å². The molecule has 0 radical (unpaired) electrons. The fourth-order valence-electron chi connectivity index (χ4n) is 3.82. The first-order valence-electron chi connectivity index (χ1n) is 7.10. The number of hydrogen-bond donors (Lipinski definition) is 0. The van der Waals surface area contributed by atoms with Gasteiger partial charge in [-0.2, -0.15) is 0 Å². The van der Waals surface area contributed by atoms with E-state index in [4.69, 9.17) is 9.47 Å². The lowest BCUT2D eigenvalue weighted by atomic mass is 9.77. The SMILES string of the molecule is COc1ccccc1N1C[C@@]23C=C[C@H](O2)[C@H](C(=O)[O-])[C@H]3C1=O. The molecule has 1 spiro atoms. The molecule has 6 nitrogen and oxygen atoms in total. The summed E-state index contributed by atoms with van der Waals surface area (Å²) >= 11 is 0. The first-order chi connectivity index (χ1) is 10.6. The second-order valence-corrected chi connectivity index (χ2v) is 5.82. The number of methoxy groups -OCH3 is 1. The van der Waals surface area contributed by atoms with Crippen molar-refractivity contribution in [2.45, 2.75) is 11.7 Å². The molecule has 2 bridgehead atoms. The Morgan fingerprint density at radius 1 is 1.45 bits per heavy atom. The summed E-state index contributed by atoms with van der Waals surface area (Å²) in [6.45, 7) is 0.285. The molecule has 0 aliphatic carbocycles. The van der Waals surface area contributed by atoms with E-state index in [1.165, 1.54) is 7.11 Å². The van der Waals surface area contributed by atoms with E-state index in [0.717, 1.165) is 0 Å². The Balaban J connectivity index is 1.77. The van der Waals surface area contributed by atoms with E-state index in [9.17, 15) is 14.7 Å². The second-order valence-electron chi connectivity index (χ2n) is 5.82. The van der Waals surface area contributed by atoms with Crippen molar-refractivity contribution in [3.63, 3.8) is 0 Å². The summed E-state index contributed by atoms with van der Waals surface area (Å²) < 4.78 is 11.1. The maximum absolute atomic E-state index is 12.8. The first kappa shape index (κ1) is 13.3. The van der Waals surface area contributed by atoms with Crippen LogP contribution in [0, 0.1) is 11.8 Å². The molecule has 114 valence electrons. The highest BCUT2D eigenvalue weighted by molar-refractivity contribution is 6.03. The number of para-hydroxylation sites is 2. The number of carboxylic acid groups (broad SMARTS) is 1. The maximum Gasteiger partial charge on any atom is 0.234 e. The summed E-state index contributed by atoms with van der Waals surface area (Å²) in [6, 6.07) is 7.16. The van der Waals surface area contributed by atoms with Crippen LogP contribution < -0.4 is 14.7 Å². The molecule has 0 aromatic heterocycles. The number of carboxylic acids is 1. The van der Waals surface area contributed by atoms with Crippen LogP contribution in [0.5, 0.6) is 5.75 Å². The number of amides is 1. The van der Waals surface area contributed by atoms with Gasteiger partial charge in [-0.1, -0.05) is 24.3 Å². The molecule has 4 atom stereocenters. The number of aliphatic carboxylic acids is 1. The highest BCUT2D eigenvalue weighted by Crippen LogP contribution is 2.53. The monoisotopic (exact) mass is 300 g/mol. The van der Waals surface area contributed by atoms with Gasteiger partial charge in [0.15, 0.2) is 0 Å². The Morgan fingerprint density at radius 2 is 2.23 bits per heavy atom. The van der Waals surface area contributed by atoms with Gasteiger partial charge in [0.05, 0.1) is 31.4 Å². The lowest BCUT2D eigenvalue weighted by molar-refractivity contribution is -0.313. The molecule has 3 aliphatic rings. The number of rotatable bonds is 3. The van der Waals surface area contributed by atoms with Gasteiger partial charge in [-0.05, 0) is 12.1 Å². The minimum Gasteiger partial charge on any atom is -0.550 e. The van der Waals surface area contributed by atoms with Crippen LogP contribution >= 0.6 is 0 Å². The fraction of sp³-hybridized carbons (Fsp3) is 0.375. The normalized spacial score (nSPS) is 35.0. The van der Waals surface area contributed by atoms with E-state index in [-0.39, 0.29) is 12.5 Å². The van der Waals surface area contributed by atoms with Gasteiger partial charge >= 0.3 is 0 Å². The van der Waals surface area contributed by atoms with Gasteiger partial charge in [0.2, 0.25) is 5.91 Å². The van der Waals surface area contributed by atoms with Crippen molar-refractivity contribution in [3.8, 4) is 5.75 Å². The molecule has 2 saturated heterocycles. The number of benzene rings is 1.